The molecule has 2 saturated heterocycles. The molecular formula is C8H16NOP. The van der Waals surface area contributed by atoms with Gasteiger partial charge in [-0.2, -0.15) is 0 Å². The van der Waals surface area contributed by atoms with Crippen molar-refractivity contribution in [3.63, 3.8) is 0 Å². The third-order valence-corrected chi connectivity index (χ3v) is 4.27. The van der Waals surface area contributed by atoms with E-state index < -0.39 is 7.14 Å². The maximum atomic E-state index is 11.6. The van der Waals surface area contributed by atoms with Crippen LogP contribution in [0.1, 0.15) is 12.8 Å². The quantitative estimate of drug-likeness (QED) is 0.639. The van der Waals surface area contributed by atoms with Crippen LogP contribution in [-0.2, 0) is 4.57 Å². The minimum absolute atomic E-state index is 0.448. The highest BCUT2D eigenvalue weighted by atomic mass is 31.2. The monoisotopic (exact) mass is 173 g/mol. The Kier molecular flexibility index (Phi) is 1.50. The molecule has 0 radical (unpaired) electrons. The van der Waals surface area contributed by atoms with E-state index in [0.29, 0.717) is 5.41 Å². The molecule has 3 heteroatoms. The minimum Gasteiger partial charge on any atom is -0.324 e. The van der Waals surface area contributed by atoms with Gasteiger partial charge in [0.05, 0.1) is 7.14 Å². The summed E-state index contributed by atoms with van der Waals surface area (Å²) in [6.45, 7) is 4.93. The van der Waals surface area contributed by atoms with Crippen molar-refractivity contribution < 1.29 is 4.57 Å². The summed E-state index contributed by atoms with van der Waals surface area (Å²) in [6, 6.07) is 0.765. The Balaban J connectivity index is 2.02. The summed E-state index contributed by atoms with van der Waals surface area (Å²) in [5, 5.41) is 3.44. The summed E-state index contributed by atoms with van der Waals surface area (Å²) in [6.07, 6.45) is 3.51. The van der Waals surface area contributed by atoms with Gasteiger partial charge in [0.2, 0.25) is 0 Å². The Morgan fingerprint density at radius 1 is 1.55 bits per heavy atom. The van der Waals surface area contributed by atoms with Crippen molar-refractivity contribution in [3.05, 3.63) is 0 Å². The van der Waals surface area contributed by atoms with Crippen molar-refractivity contribution in [2.75, 3.05) is 26.0 Å². The van der Waals surface area contributed by atoms with Crippen molar-refractivity contribution >= 4 is 7.14 Å². The van der Waals surface area contributed by atoms with Crippen molar-refractivity contribution in [1.29, 1.82) is 0 Å². The lowest BCUT2D eigenvalue weighted by atomic mass is 9.72. The second-order valence-electron chi connectivity index (χ2n) is 4.72. The molecule has 0 aromatic heterocycles. The number of nitrogens with one attached hydrogen (secondary N) is 1. The lowest BCUT2D eigenvalue weighted by molar-refractivity contribution is 0.229. The van der Waals surface area contributed by atoms with Crippen LogP contribution in [0.15, 0.2) is 0 Å². The SMILES string of the molecule is CP(C)(=O)CC12CNC(C1)C2. The van der Waals surface area contributed by atoms with E-state index in [1.54, 1.807) is 0 Å². The molecule has 3 aliphatic rings. The van der Waals surface area contributed by atoms with Gasteiger partial charge in [-0.15, -0.1) is 0 Å². The molecule has 1 aliphatic carbocycles. The van der Waals surface area contributed by atoms with Crippen molar-refractivity contribution in [1.82, 2.24) is 5.32 Å². The van der Waals surface area contributed by atoms with E-state index in [9.17, 15) is 4.57 Å². The predicted molar refractivity (Wildman–Crippen MR) is 47.8 cm³/mol. The molecule has 64 valence electrons. The zero-order valence-electron chi connectivity index (χ0n) is 7.26. The number of hydrogen-bond donors (Lipinski definition) is 1. The van der Waals surface area contributed by atoms with Gasteiger partial charge in [-0.25, -0.2) is 0 Å². The Hall–Kier alpha value is 0.190. The van der Waals surface area contributed by atoms with Crippen LogP contribution in [0.5, 0.6) is 0 Å². The Labute approximate surface area is 68.1 Å². The molecule has 3 rings (SSSR count). The van der Waals surface area contributed by atoms with Crippen LogP contribution in [0.3, 0.4) is 0 Å². The third-order valence-electron chi connectivity index (χ3n) is 2.84. The van der Waals surface area contributed by atoms with E-state index in [0.717, 1.165) is 18.7 Å². The van der Waals surface area contributed by atoms with Gasteiger partial charge in [-0.05, 0) is 31.6 Å². The fourth-order valence-electron chi connectivity index (χ4n) is 2.63. The van der Waals surface area contributed by atoms with Crippen LogP contribution in [0.2, 0.25) is 0 Å². The maximum Gasteiger partial charge on any atom is 0.0825 e. The second-order valence-corrected chi connectivity index (χ2v) is 8.18. The number of rotatable bonds is 2. The van der Waals surface area contributed by atoms with Crippen molar-refractivity contribution in [2.24, 2.45) is 5.41 Å². The Morgan fingerprint density at radius 3 is 2.55 bits per heavy atom. The highest BCUT2D eigenvalue weighted by Crippen LogP contribution is 2.54. The summed E-state index contributed by atoms with van der Waals surface area (Å²) in [4.78, 5) is 0. The summed E-state index contributed by atoms with van der Waals surface area (Å²) in [5.74, 6) is 0. The van der Waals surface area contributed by atoms with Gasteiger partial charge in [0.1, 0.15) is 0 Å². The molecule has 0 atom stereocenters. The van der Waals surface area contributed by atoms with Gasteiger partial charge in [0.25, 0.3) is 0 Å². The average molecular weight is 173 g/mol. The molecule has 1 saturated carbocycles. The molecule has 0 amide bonds. The van der Waals surface area contributed by atoms with Crippen LogP contribution >= 0.6 is 7.14 Å². The van der Waals surface area contributed by atoms with Crippen LogP contribution in [0.25, 0.3) is 0 Å². The van der Waals surface area contributed by atoms with Gasteiger partial charge in [0, 0.05) is 18.7 Å². The predicted octanol–water partition coefficient (Wildman–Crippen LogP) is 1.36. The van der Waals surface area contributed by atoms with Crippen molar-refractivity contribution in [3.8, 4) is 0 Å². The highest BCUT2D eigenvalue weighted by molar-refractivity contribution is 7.62. The molecule has 2 nitrogen and oxygen atoms in total. The molecule has 0 spiro atoms. The van der Waals surface area contributed by atoms with E-state index >= 15 is 0 Å². The molecule has 0 aromatic rings. The van der Waals surface area contributed by atoms with Crippen LogP contribution in [-0.4, -0.2) is 32.1 Å². The van der Waals surface area contributed by atoms with E-state index in [-0.39, 0.29) is 0 Å². The highest BCUT2D eigenvalue weighted by Gasteiger charge is 2.51. The Morgan fingerprint density at radius 2 is 2.18 bits per heavy atom. The lowest BCUT2D eigenvalue weighted by Crippen LogP contribution is -2.36. The molecule has 0 unspecified atom stereocenters. The molecule has 2 bridgehead atoms. The van der Waals surface area contributed by atoms with E-state index in [1.165, 1.54) is 12.8 Å². The topological polar surface area (TPSA) is 29.1 Å². The smallest absolute Gasteiger partial charge is 0.0825 e. The molecule has 1 N–H and O–H groups in total. The summed E-state index contributed by atoms with van der Waals surface area (Å²) < 4.78 is 11.6. The van der Waals surface area contributed by atoms with Gasteiger partial charge in [0.15, 0.2) is 0 Å². The molecule has 11 heavy (non-hydrogen) atoms. The first kappa shape index (κ1) is 7.82. The van der Waals surface area contributed by atoms with E-state index in [1.807, 2.05) is 13.3 Å². The van der Waals surface area contributed by atoms with Gasteiger partial charge >= 0.3 is 0 Å². The van der Waals surface area contributed by atoms with Gasteiger partial charge < -0.3 is 9.88 Å². The Bertz CT molecular complexity index is 209. The molecule has 0 aromatic carbocycles. The lowest BCUT2D eigenvalue weighted by Gasteiger charge is -2.38. The normalized spacial score (nSPS) is 42.2. The van der Waals surface area contributed by atoms with Gasteiger partial charge in [-0.3, -0.25) is 0 Å². The summed E-state index contributed by atoms with van der Waals surface area (Å²) in [5.41, 5.74) is 0.448. The van der Waals surface area contributed by atoms with Crippen LogP contribution in [0, 0.1) is 5.41 Å². The van der Waals surface area contributed by atoms with Gasteiger partial charge in [-0.1, -0.05) is 0 Å². The fourth-order valence-corrected chi connectivity index (χ4v) is 4.61. The summed E-state index contributed by atoms with van der Waals surface area (Å²) >= 11 is 0. The maximum absolute atomic E-state index is 11.6. The van der Waals surface area contributed by atoms with Crippen LogP contribution < -0.4 is 5.32 Å². The van der Waals surface area contributed by atoms with E-state index in [4.69, 9.17) is 0 Å². The molecule has 3 fully saturated rings. The molecule has 2 aliphatic heterocycles. The third kappa shape index (κ3) is 1.39. The van der Waals surface area contributed by atoms with Crippen LogP contribution in [0.4, 0.5) is 0 Å². The first-order chi connectivity index (χ1) is 4.99. The zero-order chi connectivity index (χ0) is 8.11. The molecule has 2 heterocycles. The zero-order valence-corrected chi connectivity index (χ0v) is 8.16. The molecular weight excluding hydrogens is 157 g/mol. The fraction of sp³-hybridized carbons (Fsp3) is 1.00. The largest absolute Gasteiger partial charge is 0.324 e. The van der Waals surface area contributed by atoms with E-state index in [2.05, 4.69) is 5.32 Å². The average Bonchev–Trinajstić information content (AvgIpc) is 2.15. The summed E-state index contributed by atoms with van der Waals surface area (Å²) in [7, 11) is -1.78. The van der Waals surface area contributed by atoms with Crippen molar-refractivity contribution in [2.45, 2.75) is 18.9 Å². The first-order valence-corrected chi connectivity index (χ1v) is 7.05. The standard InChI is InChI=1S/C8H16NOP/c1-11(2,10)6-8-3-7(4-8)9-5-8/h7,9H,3-6H2,1-2H3. The minimum atomic E-state index is -1.78. The number of hydrogen-bond acceptors (Lipinski definition) is 2. The first-order valence-electron chi connectivity index (χ1n) is 4.27. The number of fused-ring (bicyclic) bond motifs is 1. The second kappa shape index (κ2) is 2.11.